The number of allylic oxidation sites excluding steroid dienone is 2. The summed E-state index contributed by atoms with van der Waals surface area (Å²) in [5, 5.41) is 7.58. The van der Waals surface area contributed by atoms with Crippen molar-refractivity contribution in [2.45, 2.75) is 12.8 Å². The Kier molecular flexibility index (Phi) is 6.84. The summed E-state index contributed by atoms with van der Waals surface area (Å²) >= 11 is 0. The van der Waals surface area contributed by atoms with Crippen molar-refractivity contribution < 1.29 is 4.79 Å². The number of carbonyl (C=O) groups is 1. The SMILES string of the molecule is C=C/C=C(\C=C)CNc1nc(-c2ccccn2)nn1C(=O)CCc1ccccc1. The molecule has 0 aliphatic carbocycles. The summed E-state index contributed by atoms with van der Waals surface area (Å²) in [5.41, 5.74) is 2.63. The van der Waals surface area contributed by atoms with Crippen molar-refractivity contribution in [3.63, 3.8) is 0 Å². The highest BCUT2D eigenvalue weighted by Gasteiger charge is 2.17. The molecule has 1 aromatic carbocycles. The normalized spacial score (nSPS) is 11.1. The van der Waals surface area contributed by atoms with Gasteiger partial charge in [0.2, 0.25) is 17.7 Å². The molecule has 0 saturated carbocycles. The van der Waals surface area contributed by atoms with E-state index in [9.17, 15) is 4.79 Å². The van der Waals surface area contributed by atoms with Gasteiger partial charge in [-0.2, -0.15) is 9.67 Å². The molecule has 3 aromatic rings. The summed E-state index contributed by atoms with van der Waals surface area (Å²) in [6.45, 7) is 7.93. The van der Waals surface area contributed by atoms with Crippen LogP contribution in [-0.4, -0.2) is 32.2 Å². The number of aromatic nitrogens is 4. The minimum Gasteiger partial charge on any atom is -0.350 e. The largest absolute Gasteiger partial charge is 0.350 e. The van der Waals surface area contributed by atoms with E-state index < -0.39 is 0 Å². The van der Waals surface area contributed by atoms with Crippen LogP contribution in [0.25, 0.3) is 11.5 Å². The highest BCUT2D eigenvalue weighted by molar-refractivity contribution is 5.81. The zero-order valence-electron chi connectivity index (χ0n) is 16.2. The van der Waals surface area contributed by atoms with Crippen LogP contribution in [0.2, 0.25) is 0 Å². The number of anilines is 1. The summed E-state index contributed by atoms with van der Waals surface area (Å²) in [5.74, 6) is 0.633. The van der Waals surface area contributed by atoms with Crippen LogP contribution in [0.15, 0.2) is 91.7 Å². The lowest BCUT2D eigenvalue weighted by Crippen LogP contribution is -2.18. The molecule has 6 heteroatoms. The molecular weight excluding hydrogens is 362 g/mol. The Balaban J connectivity index is 1.83. The second kappa shape index (κ2) is 9.94. The van der Waals surface area contributed by atoms with Crippen molar-refractivity contribution in [1.82, 2.24) is 19.7 Å². The van der Waals surface area contributed by atoms with Crippen molar-refractivity contribution in [2.75, 3.05) is 11.9 Å². The topological polar surface area (TPSA) is 72.7 Å². The number of hydrogen-bond acceptors (Lipinski definition) is 5. The van der Waals surface area contributed by atoms with Gasteiger partial charge in [-0.1, -0.05) is 67.8 Å². The molecule has 0 radical (unpaired) electrons. The second-order valence-corrected chi connectivity index (χ2v) is 6.30. The fourth-order valence-corrected chi connectivity index (χ4v) is 2.74. The van der Waals surface area contributed by atoms with Crippen LogP contribution in [0.4, 0.5) is 5.95 Å². The van der Waals surface area contributed by atoms with E-state index in [1.807, 2.05) is 54.6 Å². The van der Waals surface area contributed by atoms with Gasteiger partial charge in [-0.3, -0.25) is 9.78 Å². The van der Waals surface area contributed by atoms with Crippen LogP contribution in [0.1, 0.15) is 16.8 Å². The molecule has 0 aliphatic rings. The van der Waals surface area contributed by atoms with Gasteiger partial charge in [-0.05, 0) is 29.7 Å². The van der Waals surface area contributed by atoms with Gasteiger partial charge in [-0.25, -0.2) is 0 Å². The third-order valence-electron chi connectivity index (χ3n) is 4.25. The lowest BCUT2D eigenvalue weighted by molar-refractivity contribution is 0.0890. The van der Waals surface area contributed by atoms with Gasteiger partial charge >= 0.3 is 0 Å². The van der Waals surface area contributed by atoms with Crippen LogP contribution < -0.4 is 5.32 Å². The molecule has 6 nitrogen and oxygen atoms in total. The molecule has 0 atom stereocenters. The van der Waals surface area contributed by atoms with Gasteiger partial charge in [0.1, 0.15) is 5.69 Å². The average Bonchev–Trinajstić information content (AvgIpc) is 3.20. The summed E-state index contributed by atoms with van der Waals surface area (Å²) in [7, 11) is 0. The van der Waals surface area contributed by atoms with E-state index in [4.69, 9.17) is 0 Å². The quantitative estimate of drug-likeness (QED) is 0.555. The Morgan fingerprint density at radius 1 is 1.10 bits per heavy atom. The fourth-order valence-electron chi connectivity index (χ4n) is 2.74. The molecule has 0 spiro atoms. The Morgan fingerprint density at radius 2 is 1.90 bits per heavy atom. The number of nitrogens with one attached hydrogen (secondary N) is 1. The second-order valence-electron chi connectivity index (χ2n) is 6.30. The molecule has 3 rings (SSSR count). The number of pyridine rings is 1. The number of hydrogen-bond donors (Lipinski definition) is 1. The van der Waals surface area contributed by atoms with E-state index in [2.05, 4.69) is 33.5 Å². The third-order valence-corrected chi connectivity index (χ3v) is 4.25. The number of benzene rings is 1. The summed E-state index contributed by atoms with van der Waals surface area (Å²) in [4.78, 5) is 21.6. The van der Waals surface area contributed by atoms with Crippen molar-refractivity contribution in [1.29, 1.82) is 0 Å². The third kappa shape index (κ3) is 5.35. The molecule has 0 saturated heterocycles. The number of aryl methyl sites for hydroxylation is 1. The molecule has 0 amide bonds. The zero-order valence-corrected chi connectivity index (χ0v) is 16.2. The first-order valence-electron chi connectivity index (χ1n) is 9.34. The fraction of sp³-hybridized carbons (Fsp3) is 0.130. The Morgan fingerprint density at radius 3 is 2.59 bits per heavy atom. The molecule has 0 bridgehead atoms. The monoisotopic (exact) mass is 385 g/mol. The predicted octanol–water partition coefficient (Wildman–Crippen LogP) is 4.32. The first-order chi connectivity index (χ1) is 14.2. The van der Waals surface area contributed by atoms with E-state index in [-0.39, 0.29) is 5.91 Å². The smallest absolute Gasteiger partial charge is 0.250 e. The molecule has 0 aliphatic heterocycles. The maximum absolute atomic E-state index is 12.9. The molecule has 2 heterocycles. The molecular formula is C23H23N5O. The molecule has 29 heavy (non-hydrogen) atoms. The molecule has 146 valence electrons. The van der Waals surface area contributed by atoms with Crippen molar-refractivity contribution >= 4 is 11.9 Å². The number of rotatable bonds is 9. The molecule has 0 unspecified atom stereocenters. The average molecular weight is 385 g/mol. The van der Waals surface area contributed by atoms with Crippen LogP contribution in [-0.2, 0) is 6.42 Å². The van der Waals surface area contributed by atoms with Crippen molar-refractivity contribution in [2.24, 2.45) is 0 Å². The highest BCUT2D eigenvalue weighted by atomic mass is 16.2. The Hall–Kier alpha value is -3.80. The van der Waals surface area contributed by atoms with Gasteiger partial charge < -0.3 is 5.32 Å². The van der Waals surface area contributed by atoms with Crippen molar-refractivity contribution in [3.8, 4) is 11.5 Å². The highest BCUT2D eigenvalue weighted by Crippen LogP contribution is 2.17. The Bertz CT molecular complexity index is 1010. The standard InChI is InChI=1S/C23H23N5O/c1-3-10-18(4-2)17-25-23-26-22(20-13-8-9-16-24-20)27-28(23)21(29)15-14-19-11-6-5-7-12-19/h3-13,16H,1-2,14-15,17H2,(H,25,26,27)/b18-10+. The van der Waals surface area contributed by atoms with Gasteiger partial charge in [0, 0.05) is 19.2 Å². The minimum atomic E-state index is -0.140. The van der Waals surface area contributed by atoms with Crippen LogP contribution in [0, 0.1) is 0 Å². The summed E-state index contributed by atoms with van der Waals surface area (Å²) in [6, 6.07) is 15.4. The lowest BCUT2D eigenvalue weighted by atomic mass is 10.1. The van der Waals surface area contributed by atoms with Crippen molar-refractivity contribution in [3.05, 3.63) is 97.3 Å². The first-order valence-corrected chi connectivity index (χ1v) is 9.34. The predicted molar refractivity (Wildman–Crippen MR) is 116 cm³/mol. The summed E-state index contributed by atoms with van der Waals surface area (Å²) < 4.78 is 1.32. The molecule has 2 aromatic heterocycles. The zero-order chi connectivity index (χ0) is 20.5. The van der Waals surface area contributed by atoms with E-state index >= 15 is 0 Å². The molecule has 1 N–H and O–H groups in total. The van der Waals surface area contributed by atoms with E-state index in [1.165, 1.54) is 4.68 Å². The van der Waals surface area contributed by atoms with Gasteiger partial charge in [0.25, 0.3) is 0 Å². The van der Waals surface area contributed by atoms with Gasteiger partial charge in [0.05, 0.1) is 0 Å². The minimum absolute atomic E-state index is 0.140. The van der Waals surface area contributed by atoms with E-state index in [0.29, 0.717) is 36.9 Å². The summed E-state index contributed by atoms with van der Waals surface area (Å²) in [6.07, 6.45) is 7.88. The maximum Gasteiger partial charge on any atom is 0.250 e. The van der Waals surface area contributed by atoms with E-state index in [0.717, 1.165) is 11.1 Å². The van der Waals surface area contributed by atoms with Crippen LogP contribution >= 0.6 is 0 Å². The van der Waals surface area contributed by atoms with Gasteiger partial charge in [-0.15, -0.1) is 5.10 Å². The van der Waals surface area contributed by atoms with Crippen LogP contribution in [0.5, 0.6) is 0 Å². The first kappa shape index (κ1) is 19.9. The maximum atomic E-state index is 12.9. The van der Waals surface area contributed by atoms with E-state index in [1.54, 1.807) is 18.3 Å². The Labute approximate surface area is 170 Å². The van der Waals surface area contributed by atoms with Crippen LogP contribution in [0.3, 0.4) is 0 Å². The number of nitrogens with zero attached hydrogens (tertiary/aromatic N) is 4. The van der Waals surface area contributed by atoms with Gasteiger partial charge in [0.15, 0.2) is 0 Å². The number of carbonyl (C=O) groups excluding carboxylic acids is 1. The molecule has 0 fully saturated rings. The lowest BCUT2D eigenvalue weighted by Gasteiger charge is -2.07.